The fourth-order valence-corrected chi connectivity index (χ4v) is 4.27. The minimum Gasteiger partial charge on any atom is -0.372 e. The van der Waals surface area contributed by atoms with E-state index < -0.39 is 0 Å². The molecule has 0 atom stereocenters. The molecule has 4 heteroatoms. The summed E-state index contributed by atoms with van der Waals surface area (Å²) in [6.45, 7) is 24.7. The Labute approximate surface area is 159 Å². The van der Waals surface area contributed by atoms with Crippen LogP contribution in [0.2, 0.25) is 0 Å². The van der Waals surface area contributed by atoms with Gasteiger partial charge in [-0.25, -0.2) is 16.4 Å². The van der Waals surface area contributed by atoms with Gasteiger partial charge in [-0.3, -0.25) is 9.52 Å². The predicted octanol–water partition coefficient (Wildman–Crippen LogP) is 6.17. The van der Waals surface area contributed by atoms with Gasteiger partial charge in [-0.1, -0.05) is 55.4 Å². The number of aryl methyl sites for hydroxylation is 4. The van der Waals surface area contributed by atoms with Crippen molar-refractivity contribution in [3.05, 3.63) is 56.5 Å². The smallest absolute Gasteiger partial charge is 0.372 e. The molecule has 0 saturated heterocycles. The van der Waals surface area contributed by atoms with E-state index in [1.807, 2.05) is 0 Å². The summed E-state index contributed by atoms with van der Waals surface area (Å²) in [6, 6.07) is 0. The van der Waals surface area contributed by atoms with Crippen LogP contribution < -0.4 is 0 Å². The first-order chi connectivity index (χ1) is 9.67. The Morgan fingerprint density at radius 1 is 0.727 bits per heavy atom. The van der Waals surface area contributed by atoms with Gasteiger partial charge in [0, 0.05) is 0 Å². The Morgan fingerprint density at radius 2 is 0.955 bits per heavy atom. The van der Waals surface area contributed by atoms with Crippen molar-refractivity contribution in [1.82, 2.24) is 0 Å². The zero-order valence-electron chi connectivity index (χ0n) is 15.5. The molecule has 0 aliphatic carbocycles. The summed E-state index contributed by atoms with van der Waals surface area (Å²) in [5, 5.41) is 6.07. The monoisotopic (exact) mass is 384 g/mol. The van der Waals surface area contributed by atoms with E-state index in [-0.39, 0.29) is 31.2 Å². The van der Waals surface area contributed by atoms with Crippen LogP contribution in [0.3, 0.4) is 0 Å². The van der Waals surface area contributed by atoms with E-state index in [1.54, 1.807) is 0 Å². The molecule has 2 heterocycles. The summed E-state index contributed by atoms with van der Waals surface area (Å²) < 4.78 is 0. The van der Waals surface area contributed by atoms with Crippen LogP contribution in [0.15, 0.2) is 0 Å². The molecule has 22 heavy (non-hydrogen) atoms. The van der Waals surface area contributed by atoms with Gasteiger partial charge < -0.3 is 13.1 Å². The number of hydrogen-bond donors (Lipinski definition) is 0. The van der Waals surface area contributed by atoms with Crippen molar-refractivity contribution in [2.45, 2.75) is 55.4 Å². The summed E-state index contributed by atoms with van der Waals surface area (Å²) in [5.74, 6) is 0. The second kappa shape index (κ2) is 11.9. The summed E-state index contributed by atoms with van der Waals surface area (Å²) in [7, 11) is 2.79. The summed E-state index contributed by atoms with van der Waals surface area (Å²) in [5.41, 5.74) is 5.98. The van der Waals surface area contributed by atoms with Crippen LogP contribution in [-0.4, -0.2) is 9.52 Å². The van der Waals surface area contributed by atoms with Crippen molar-refractivity contribution in [1.29, 1.82) is 0 Å². The molecule has 0 saturated carbocycles. The van der Waals surface area contributed by atoms with Crippen molar-refractivity contribution in [2.75, 3.05) is 0 Å². The fourth-order valence-electron chi connectivity index (χ4n) is 1.92. The van der Waals surface area contributed by atoms with E-state index >= 15 is 0 Å². The largest absolute Gasteiger partial charge is 4.00 e. The number of hydrogen-bond acceptors (Lipinski definition) is 0. The second-order valence-electron chi connectivity index (χ2n) is 5.42. The van der Waals surface area contributed by atoms with Crippen molar-refractivity contribution in [2.24, 2.45) is 0 Å². The Balaban J connectivity index is 0. The minimum absolute atomic E-state index is 0. The van der Waals surface area contributed by atoms with E-state index in [2.05, 4.69) is 68.5 Å². The van der Waals surface area contributed by atoms with Crippen LogP contribution in [0.5, 0.6) is 0 Å². The third kappa shape index (κ3) is 7.37. The second-order valence-corrected chi connectivity index (χ2v) is 9.26. The van der Waals surface area contributed by atoms with E-state index in [1.165, 1.54) is 59.8 Å². The molecule has 0 N–H and O–H groups in total. The third-order valence-electron chi connectivity index (χ3n) is 3.97. The normalized spacial score (nSPS) is 9.91. The van der Waals surface area contributed by atoms with E-state index in [4.69, 9.17) is 0 Å². The molecule has 0 fully saturated rings. The van der Waals surface area contributed by atoms with Crippen LogP contribution in [0.25, 0.3) is 0 Å². The van der Waals surface area contributed by atoms with Gasteiger partial charge in [0.05, 0.1) is 0 Å². The van der Waals surface area contributed by atoms with Crippen LogP contribution in [0, 0.1) is 68.5 Å². The molecule has 2 aromatic rings. The van der Waals surface area contributed by atoms with Gasteiger partial charge in [-0.2, -0.15) is 32.8 Å². The average molecular weight is 384 g/mol. The molecule has 0 aliphatic heterocycles. The topological polar surface area (TPSA) is 0 Å². The molecule has 0 nitrogen and oxygen atoms in total. The average Bonchev–Trinajstić information content (AvgIpc) is 2.77. The van der Waals surface area contributed by atoms with Gasteiger partial charge in [-0.15, -0.1) is 10.6 Å². The summed E-state index contributed by atoms with van der Waals surface area (Å²) >= 11 is 0. The predicted molar refractivity (Wildman–Crippen MR) is 106 cm³/mol. The zero-order chi connectivity index (χ0) is 16.7. The Morgan fingerprint density at radius 3 is 1.00 bits per heavy atom. The first kappa shape index (κ1) is 24.7. The summed E-state index contributed by atoms with van der Waals surface area (Å²) in [4.78, 5) is 0. The van der Waals surface area contributed by atoms with Crippen molar-refractivity contribution < 1.29 is 21.7 Å². The van der Waals surface area contributed by atoms with Gasteiger partial charge in [0.15, 0.2) is 0 Å². The van der Waals surface area contributed by atoms with Gasteiger partial charge in [0.1, 0.15) is 0 Å². The molecule has 2 rings (SSSR count). The van der Waals surface area contributed by atoms with E-state index in [0.29, 0.717) is 0 Å². The maximum Gasteiger partial charge on any atom is 4.00 e. The molecule has 0 radical (unpaired) electrons. The zero-order valence-corrected chi connectivity index (χ0v) is 20.3. The SMILES string of the molecule is Cc1p[c-](C)c(C)c1C.Cc1p[c-](C)c(C)c1C.[CH2-][SiH2][CH2-].[Ti+4]. The third-order valence-corrected chi connectivity index (χ3v) is 6.65. The maximum absolute atomic E-state index is 3.51. The maximum atomic E-state index is 3.51. The fraction of sp³-hybridized carbons (Fsp3) is 0.444. The molecule has 0 unspecified atom stereocenters. The van der Waals surface area contributed by atoms with Crippen molar-refractivity contribution in [3.8, 4) is 0 Å². The standard InChI is InChI=1S/2C8H12P.C2H6Si.Ti/c2*1-5-6(2)8(4)9-7(5)3;1-3-2;/h2*1-4H3;1-3H2;/q2*-1;-2;+4. The molecule has 0 spiro atoms. The van der Waals surface area contributed by atoms with Gasteiger partial charge >= 0.3 is 21.7 Å². The minimum atomic E-state index is -0.0833. The summed E-state index contributed by atoms with van der Waals surface area (Å²) in [6.07, 6.45) is 0. The first-order valence-corrected chi connectivity index (χ1v) is 11.2. The molecular weight excluding hydrogens is 354 g/mol. The van der Waals surface area contributed by atoms with E-state index in [0.717, 1.165) is 0 Å². The van der Waals surface area contributed by atoms with Crippen LogP contribution in [0.4, 0.5) is 0 Å². The van der Waals surface area contributed by atoms with E-state index in [9.17, 15) is 0 Å². The molecule has 2 aromatic heterocycles. The van der Waals surface area contributed by atoms with Crippen LogP contribution in [0.1, 0.15) is 43.4 Å². The Bertz CT molecular complexity index is 473. The molecule has 0 aliphatic rings. The molecule has 0 amide bonds. The van der Waals surface area contributed by atoms with Crippen molar-refractivity contribution in [3.63, 3.8) is 0 Å². The van der Waals surface area contributed by atoms with Gasteiger partial charge in [0.25, 0.3) is 0 Å². The van der Waals surface area contributed by atoms with Gasteiger partial charge in [0.2, 0.25) is 0 Å². The number of rotatable bonds is 0. The Hall–Kier alpha value is 0.491. The Kier molecular flexibility index (Phi) is 13.4. The van der Waals surface area contributed by atoms with Crippen LogP contribution in [-0.2, 0) is 21.7 Å². The quantitative estimate of drug-likeness (QED) is 0.376. The van der Waals surface area contributed by atoms with Crippen LogP contribution >= 0.6 is 16.4 Å². The molecular formula is C18H30P2SiTi. The first-order valence-electron chi connectivity index (χ1n) is 7.39. The van der Waals surface area contributed by atoms with Gasteiger partial charge in [-0.05, 0) is 0 Å². The molecule has 0 aromatic carbocycles. The van der Waals surface area contributed by atoms with Crippen molar-refractivity contribution >= 4 is 25.9 Å². The molecule has 120 valence electrons. The molecule has 0 bridgehead atoms.